The number of esters is 1. The minimum absolute atomic E-state index is 0.0305. The summed E-state index contributed by atoms with van der Waals surface area (Å²) in [6.45, 7) is 6.70. The van der Waals surface area contributed by atoms with E-state index in [-0.39, 0.29) is 17.5 Å². The molecule has 0 bridgehead atoms. The highest BCUT2D eigenvalue weighted by Crippen LogP contribution is 2.38. The first kappa shape index (κ1) is 19.1. The van der Waals surface area contributed by atoms with Crippen LogP contribution in [0.1, 0.15) is 40.0 Å². The van der Waals surface area contributed by atoms with Crippen molar-refractivity contribution < 1.29 is 14.3 Å². The molecule has 4 nitrogen and oxygen atoms in total. The molecule has 0 amide bonds. The van der Waals surface area contributed by atoms with Crippen LogP contribution in [-0.2, 0) is 14.3 Å². The van der Waals surface area contributed by atoms with E-state index in [0.717, 1.165) is 23.6 Å². The fourth-order valence-corrected chi connectivity index (χ4v) is 5.68. The largest absolute Gasteiger partial charge is 0.459 e. The van der Waals surface area contributed by atoms with E-state index < -0.39 is 5.44 Å². The molecule has 2 aliphatic rings. The Balaban J connectivity index is 1.53. The van der Waals surface area contributed by atoms with Crippen molar-refractivity contribution in [3.8, 4) is 0 Å². The van der Waals surface area contributed by atoms with Crippen molar-refractivity contribution in [2.24, 2.45) is 17.8 Å². The maximum atomic E-state index is 12.6. The highest BCUT2D eigenvalue weighted by Gasteiger charge is 2.38. The summed E-state index contributed by atoms with van der Waals surface area (Å²) in [6.07, 6.45) is 5.15. The second-order valence-electron chi connectivity index (χ2n) is 7.32. The highest BCUT2D eigenvalue weighted by atomic mass is 32.2. The Morgan fingerprint density at radius 2 is 2.24 bits per heavy atom. The number of pyridine rings is 1. The summed E-state index contributed by atoms with van der Waals surface area (Å²) in [5.74, 6) is 2.19. The first-order valence-corrected chi connectivity index (χ1v) is 11.0. The number of thioether (sulfide) groups is 2. The Morgan fingerprint density at radius 3 is 2.96 bits per heavy atom. The fourth-order valence-electron chi connectivity index (χ4n) is 3.57. The Bertz CT molecular complexity index is 569. The quantitative estimate of drug-likeness (QED) is 0.695. The first-order chi connectivity index (χ1) is 12.0. The van der Waals surface area contributed by atoms with Crippen molar-refractivity contribution >= 4 is 29.5 Å². The number of aromatic nitrogens is 1. The van der Waals surface area contributed by atoms with Crippen molar-refractivity contribution in [3.05, 3.63) is 24.4 Å². The van der Waals surface area contributed by atoms with Crippen LogP contribution in [-0.4, -0.2) is 33.7 Å². The second kappa shape index (κ2) is 8.78. The van der Waals surface area contributed by atoms with Gasteiger partial charge < -0.3 is 9.47 Å². The summed E-state index contributed by atoms with van der Waals surface area (Å²) >= 11 is 3.09. The number of carbonyl (C=O) groups is 1. The minimum Gasteiger partial charge on any atom is -0.459 e. The maximum Gasteiger partial charge on any atom is 0.346 e. The molecule has 0 aromatic carbocycles. The van der Waals surface area contributed by atoms with Crippen LogP contribution in [0.25, 0.3) is 0 Å². The van der Waals surface area contributed by atoms with Crippen LogP contribution in [0.5, 0.6) is 0 Å². The lowest BCUT2D eigenvalue weighted by atomic mass is 9.75. The predicted molar refractivity (Wildman–Crippen MR) is 102 cm³/mol. The maximum absolute atomic E-state index is 12.6. The van der Waals surface area contributed by atoms with Gasteiger partial charge in [-0.25, -0.2) is 9.78 Å². The monoisotopic (exact) mass is 381 g/mol. The molecule has 1 unspecified atom stereocenters. The zero-order chi connectivity index (χ0) is 17.8. The van der Waals surface area contributed by atoms with Crippen molar-refractivity contribution in [1.29, 1.82) is 0 Å². The van der Waals surface area contributed by atoms with Gasteiger partial charge >= 0.3 is 5.97 Å². The topological polar surface area (TPSA) is 48.4 Å². The highest BCUT2D eigenvalue weighted by molar-refractivity contribution is 8.04. The smallest absolute Gasteiger partial charge is 0.346 e. The van der Waals surface area contributed by atoms with E-state index in [1.165, 1.54) is 18.2 Å². The molecular formula is C19H27NO3S2. The van der Waals surface area contributed by atoms with E-state index in [9.17, 15) is 4.79 Å². The number of hydrogen-bond donors (Lipinski definition) is 0. The Kier molecular flexibility index (Phi) is 6.69. The SMILES string of the molecule is CC(C)[C@@H]1CC[C@@H](C)C[C@H]1OC(=O)[C@@H]1OC(Sc2ccccn2)CS1. The van der Waals surface area contributed by atoms with Crippen LogP contribution in [0.15, 0.2) is 29.4 Å². The molecule has 1 saturated carbocycles. The molecule has 6 heteroatoms. The summed E-state index contributed by atoms with van der Waals surface area (Å²) in [6, 6.07) is 5.81. The van der Waals surface area contributed by atoms with Gasteiger partial charge in [-0.3, -0.25) is 0 Å². The molecule has 0 N–H and O–H groups in total. The van der Waals surface area contributed by atoms with Gasteiger partial charge in [-0.1, -0.05) is 45.0 Å². The van der Waals surface area contributed by atoms with E-state index in [4.69, 9.17) is 9.47 Å². The van der Waals surface area contributed by atoms with E-state index in [2.05, 4.69) is 25.8 Å². The van der Waals surface area contributed by atoms with Crippen LogP contribution < -0.4 is 0 Å². The van der Waals surface area contributed by atoms with Gasteiger partial charge in [0.05, 0.1) is 5.03 Å². The summed E-state index contributed by atoms with van der Waals surface area (Å²) in [5, 5.41) is 0.920. The summed E-state index contributed by atoms with van der Waals surface area (Å²) in [4.78, 5) is 16.9. The van der Waals surface area contributed by atoms with Gasteiger partial charge in [0.25, 0.3) is 0 Å². The number of rotatable bonds is 5. The van der Waals surface area contributed by atoms with Gasteiger partial charge in [-0.05, 0) is 42.7 Å². The number of ether oxygens (including phenoxy) is 2. The second-order valence-corrected chi connectivity index (χ2v) is 9.59. The van der Waals surface area contributed by atoms with E-state index in [1.54, 1.807) is 18.0 Å². The van der Waals surface area contributed by atoms with E-state index in [0.29, 0.717) is 17.8 Å². The average Bonchev–Trinajstić information content (AvgIpc) is 3.04. The molecule has 1 aliphatic heterocycles. The van der Waals surface area contributed by atoms with Gasteiger partial charge in [0.15, 0.2) is 0 Å². The Morgan fingerprint density at radius 1 is 1.40 bits per heavy atom. The van der Waals surface area contributed by atoms with Crippen molar-refractivity contribution in [2.45, 2.75) is 62.0 Å². The molecule has 2 fully saturated rings. The summed E-state index contributed by atoms with van der Waals surface area (Å²) in [5.41, 5.74) is -0.560. The van der Waals surface area contributed by atoms with Gasteiger partial charge in [-0.15, -0.1) is 11.8 Å². The number of hydrogen-bond acceptors (Lipinski definition) is 6. The third-order valence-electron chi connectivity index (χ3n) is 4.97. The first-order valence-electron chi connectivity index (χ1n) is 9.08. The third-order valence-corrected chi connectivity index (χ3v) is 7.31. The Hall–Kier alpha value is -0.720. The molecule has 1 aromatic heterocycles. The molecule has 5 atom stereocenters. The molecule has 25 heavy (non-hydrogen) atoms. The zero-order valence-corrected chi connectivity index (χ0v) is 16.7. The van der Waals surface area contributed by atoms with E-state index in [1.807, 2.05) is 18.2 Å². The Labute approximate surface area is 158 Å². The van der Waals surface area contributed by atoms with Crippen molar-refractivity contribution in [3.63, 3.8) is 0 Å². The lowest BCUT2D eigenvalue weighted by molar-refractivity contribution is -0.163. The van der Waals surface area contributed by atoms with Crippen LogP contribution in [0, 0.1) is 17.8 Å². The van der Waals surface area contributed by atoms with Crippen molar-refractivity contribution in [2.75, 3.05) is 5.75 Å². The van der Waals surface area contributed by atoms with E-state index >= 15 is 0 Å². The molecule has 3 rings (SSSR count). The minimum atomic E-state index is -0.508. The number of nitrogens with zero attached hydrogens (tertiary/aromatic N) is 1. The van der Waals surface area contributed by atoms with Gasteiger partial charge in [0, 0.05) is 11.9 Å². The van der Waals surface area contributed by atoms with Gasteiger partial charge in [0.2, 0.25) is 5.44 Å². The standard InChI is InChI=1S/C19H27NO3S2/c1-12(2)14-8-7-13(3)10-15(14)22-18(21)19-23-17(11-24-19)25-16-6-4-5-9-20-16/h4-6,9,12-15,17,19H,7-8,10-11H2,1-3H3/t13-,14+,15-,17?,19-/m1/s1. The van der Waals surface area contributed by atoms with Crippen molar-refractivity contribution in [1.82, 2.24) is 4.98 Å². The molecular weight excluding hydrogens is 354 g/mol. The normalized spacial score (nSPS) is 32.7. The lowest BCUT2D eigenvalue weighted by Gasteiger charge is -2.37. The van der Waals surface area contributed by atoms with Crippen LogP contribution in [0.4, 0.5) is 0 Å². The molecule has 1 aliphatic carbocycles. The summed E-state index contributed by atoms with van der Waals surface area (Å²) < 4.78 is 11.8. The molecule has 0 spiro atoms. The van der Waals surface area contributed by atoms with Crippen LogP contribution >= 0.6 is 23.5 Å². The molecule has 1 aromatic rings. The zero-order valence-electron chi connectivity index (χ0n) is 15.1. The third kappa shape index (κ3) is 5.14. The van der Waals surface area contributed by atoms with Gasteiger partial charge in [0.1, 0.15) is 11.5 Å². The summed E-state index contributed by atoms with van der Waals surface area (Å²) in [7, 11) is 0. The fraction of sp³-hybridized carbons (Fsp3) is 0.684. The molecule has 0 radical (unpaired) electrons. The van der Waals surface area contributed by atoms with Crippen LogP contribution in [0.2, 0.25) is 0 Å². The number of carbonyl (C=O) groups excluding carboxylic acids is 1. The average molecular weight is 382 g/mol. The van der Waals surface area contributed by atoms with Crippen LogP contribution in [0.3, 0.4) is 0 Å². The predicted octanol–water partition coefficient (Wildman–Crippen LogP) is 4.59. The van der Waals surface area contributed by atoms with Gasteiger partial charge in [-0.2, -0.15) is 0 Å². The molecule has 138 valence electrons. The molecule has 2 heterocycles. The molecule has 1 saturated heterocycles. The lowest BCUT2D eigenvalue weighted by Crippen LogP contribution is -2.38.